The molecule has 13 heavy (non-hydrogen) atoms. The van der Waals surface area contributed by atoms with Gasteiger partial charge in [-0.3, -0.25) is 4.79 Å². The molecule has 1 aliphatic heterocycles. The fourth-order valence-electron chi connectivity index (χ4n) is 1.10. The number of nitrogens with one attached hydrogen (secondary N) is 1. The molecule has 0 radical (unpaired) electrons. The molecule has 0 aromatic carbocycles. The van der Waals surface area contributed by atoms with Gasteiger partial charge in [0.1, 0.15) is 0 Å². The lowest BCUT2D eigenvalue weighted by atomic mass is 10.1. The predicted molar refractivity (Wildman–Crippen MR) is 57.0 cm³/mol. The lowest BCUT2D eigenvalue weighted by Gasteiger charge is -2.02. The molecule has 1 fully saturated rings. The first-order valence-corrected chi connectivity index (χ1v) is 5.76. The highest BCUT2D eigenvalue weighted by molar-refractivity contribution is 8.00. The number of carbonyl (C=O) groups excluding carboxylic acids is 1. The van der Waals surface area contributed by atoms with E-state index in [2.05, 4.69) is 10.5 Å². The van der Waals surface area contributed by atoms with Crippen LogP contribution in [0.15, 0.2) is 5.10 Å². The van der Waals surface area contributed by atoms with Crippen molar-refractivity contribution in [2.24, 2.45) is 11.0 Å². The minimum Gasteiger partial charge on any atom is -0.273 e. The molecule has 1 heterocycles. The summed E-state index contributed by atoms with van der Waals surface area (Å²) >= 11 is 1.87. The van der Waals surface area contributed by atoms with Crippen molar-refractivity contribution >= 4 is 23.4 Å². The van der Waals surface area contributed by atoms with Crippen LogP contribution < -0.4 is 5.43 Å². The Labute approximate surface area is 83.4 Å². The van der Waals surface area contributed by atoms with Crippen molar-refractivity contribution in [1.82, 2.24) is 5.43 Å². The van der Waals surface area contributed by atoms with Gasteiger partial charge < -0.3 is 0 Å². The number of hydrazone groups is 1. The van der Waals surface area contributed by atoms with Crippen molar-refractivity contribution in [3.8, 4) is 0 Å². The van der Waals surface area contributed by atoms with Crippen LogP contribution in [0.25, 0.3) is 0 Å². The molecule has 74 valence electrons. The van der Waals surface area contributed by atoms with Crippen LogP contribution in [0.4, 0.5) is 0 Å². The summed E-state index contributed by atoms with van der Waals surface area (Å²) in [4.78, 5) is 11.2. The second-order valence-electron chi connectivity index (χ2n) is 3.61. The zero-order valence-electron chi connectivity index (χ0n) is 8.17. The van der Waals surface area contributed by atoms with E-state index in [0.717, 1.165) is 23.6 Å². The van der Waals surface area contributed by atoms with Gasteiger partial charge in [0, 0.05) is 17.9 Å². The molecule has 0 aliphatic carbocycles. The Kier molecular flexibility index (Phi) is 4.28. The van der Waals surface area contributed by atoms with Crippen LogP contribution in [0.5, 0.6) is 0 Å². The van der Waals surface area contributed by atoms with Gasteiger partial charge in [0.15, 0.2) is 0 Å². The fraction of sp³-hybridized carbons (Fsp3) is 0.778. The number of rotatable bonds is 3. The summed E-state index contributed by atoms with van der Waals surface area (Å²) in [6.45, 7) is 4.05. The van der Waals surface area contributed by atoms with Gasteiger partial charge in [-0.15, -0.1) is 0 Å². The highest BCUT2D eigenvalue weighted by atomic mass is 32.2. The number of nitrogens with zero attached hydrogens (tertiary/aromatic N) is 1. The number of carbonyl (C=O) groups is 1. The molecule has 0 unspecified atom stereocenters. The topological polar surface area (TPSA) is 41.5 Å². The van der Waals surface area contributed by atoms with Crippen molar-refractivity contribution in [3.63, 3.8) is 0 Å². The summed E-state index contributed by atoms with van der Waals surface area (Å²) in [5.41, 5.74) is 3.70. The second-order valence-corrected chi connectivity index (χ2v) is 4.72. The minimum atomic E-state index is 0.0272. The Bertz CT molecular complexity index is 206. The number of amides is 1. The molecule has 3 nitrogen and oxygen atoms in total. The first kappa shape index (κ1) is 10.6. The molecule has 1 rings (SSSR count). The lowest BCUT2D eigenvalue weighted by Crippen LogP contribution is -2.20. The van der Waals surface area contributed by atoms with E-state index in [4.69, 9.17) is 0 Å². The molecule has 0 atom stereocenters. The van der Waals surface area contributed by atoms with Gasteiger partial charge in [-0.25, -0.2) is 5.43 Å². The molecular formula is C9H16N2OS. The molecule has 0 bridgehead atoms. The van der Waals surface area contributed by atoms with Gasteiger partial charge in [0.2, 0.25) is 5.91 Å². The van der Waals surface area contributed by atoms with Crippen LogP contribution in [0.1, 0.15) is 26.7 Å². The zero-order valence-corrected chi connectivity index (χ0v) is 8.99. The van der Waals surface area contributed by atoms with Crippen molar-refractivity contribution in [3.05, 3.63) is 0 Å². The SMILES string of the molecule is CC(C)CC(=O)N/N=C1/CCSC1. The smallest absolute Gasteiger partial charge is 0.240 e. The molecular weight excluding hydrogens is 184 g/mol. The molecule has 0 spiro atoms. The monoisotopic (exact) mass is 200 g/mol. The molecule has 0 aromatic rings. The van der Waals surface area contributed by atoms with E-state index in [0.29, 0.717) is 12.3 Å². The highest BCUT2D eigenvalue weighted by Crippen LogP contribution is 2.13. The Balaban J connectivity index is 2.24. The minimum absolute atomic E-state index is 0.0272. The largest absolute Gasteiger partial charge is 0.273 e. The molecule has 0 aromatic heterocycles. The highest BCUT2D eigenvalue weighted by Gasteiger charge is 2.09. The van der Waals surface area contributed by atoms with Crippen LogP contribution in [-0.4, -0.2) is 23.1 Å². The average Bonchev–Trinajstić information content (AvgIpc) is 2.51. The van der Waals surface area contributed by atoms with E-state index >= 15 is 0 Å². The van der Waals surface area contributed by atoms with E-state index in [-0.39, 0.29) is 5.91 Å². The van der Waals surface area contributed by atoms with Gasteiger partial charge in [0.05, 0.1) is 0 Å². The summed E-state index contributed by atoms with van der Waals surface area (Å²) < 4.78 is 0. The Morgan fingerprint density at radius 2 is 2.46 bits per heavy atom. The average molecular weight is 200 g/mol. The van der Waals surface area contributed by atoms with E-state index in [9.17, 15) is 4.79 Å². The van der Waals surface area contributed by atoms with Crippen LogP contribution in [-0.2, 0) is 4.79 Å². The maximum absolute atomic E-state index is 11.2. The van der Waals surface area contributed by atoms with Gasteiger partial charge in [-0.1, -0.05) is 13.8 Å². The zero-order chi connectivity index (χ0) is 9.68. The second kappa shape index (κ2) is 5.27. The maximum Gasteiger partial charge on any atom is 0.240 e. The maximum atomic E-state index is 11.2. The molecule has 4 heteroatoms. The summed E-state index contributed by atoms with van der Waals surface area (Å²) in [7, 11) is 0. The lowest BCUT2D eigenvalue weighted by molar-refractivity contribution is -0.121. The Morgan fingerprint density at radius 1 is 1.69 bits per heavy atom. The Morgan fingerprint density at radius 3 is 3.00 bits per heavy atom. The summed E-state index contributed by atoms with van der Waals surface area (Å²) in [6, 6.07) is 0. The third-order valence-electron chi connectivity index (χ3n) is 1.74. The predicted octanol–water partition coefficient (Wildman–Crippen LogP) is 1.64. The van der Waals surface area contributed by atoms with Gasteiger partial charge in [-0.2, -0.15) is 16.9 Å². The summed E-state index contributed by atoms with van der Waals surface area (Å²) in [5.74, 6) is 2.54. The fourth-order valence-corrected chi connectivity index (χ4v) is 2.07. The van der Waals surface area contributed by atoms with E-state index in [1.807, 2.05) is 25.6 Å². The summed E-state index contributed by atoms with van der Waals surface area (Å²) in [5, 5.41) is 4.07. The molecule has 0 saturated carbocycles. The third kappa shape index (κ3) is 4.31. The van der Waals surface area contributed by atoms with Gasteiger partial charge in [-0.05, 0) is 18.1 Å². The first-order chi connectivity index (χ1) is 6.18. The van der Waals surface area contributed by atoms with Crippen LogP contribution >= 0.6 is 11.8 Å². The number of hydrogen-bond acceptors (Lipinski definition) is 3. The standard InChI is InChI=1S/C9H16N2OS/c1-7(2)5-9(12)11-10-8-3-4-13-6-8/h7H,3-6H2,1-2H3,(H,11,12)/b10-8-. The Hall–Kier alpha value is -0.510. The molecule has 1 amide bonds. The van der Waals surface area contributed by atoms with Gasteiger partial charge in [0.25, 0.3) is 0 Å². The van der Waals surface area contributed by atoms with E-state index < -0.39 is 0 Å². The van der Waals surface area contributed by atoms with E-state index in [1.165, 1.54) is 0 Å². The molecule has 1 saturated heterocycles. The number of hydrogen-bond donors (Lipinski definition) is 1. The first-order valence-electron chi connectivity index (χ1n) is 4.60. The quantitative estimate of drug-likeness (QED) is 0.704. The van der Waals surface area contributed by atoms with Gasteiger partial charge >= 0.3 is 0 Å². The summed E-state index contributed by atoms with van der Waals surface area (Å²) in [6.07, 6.45) is 1.58. The van der Waals surface area contributed by atoms with Crippen molar-refractivity contribution < 1.29 is 4.79 Å². The van der Waals surface area contributed by atoms with E-state index in [1.54, 1.807) is 0 Å². The van der Waals surface area contributed by atoms with Crippen LogP contribution in [0, 0.1) is 5.92 Å². The molecule has 1 N–H and O–H groups in total. The van der Waals surface area contributed by atoms with Crippen molar-refractivity contribution in [2.45, 2.75) is 26.7 Å². The van der Waals surface area contributed by atoms with Crippen LogP contribution in [0.2, 0.25) is 0 Å². The normalized spacial score (nSPS) is 19.8. The molecule has 1 aliphatic rings. The van der Waals surface area contributed by atoms with Crippen molar-refractivity contribution in [2.75, 3.05) is 11.5 Å². The third-order valence-corrected chi connectivity index (χ3v) is 2.77. The van der Waals surface area contributed by atoms with Crippen molar-refractivity contribution in [1.29, 1.82) is 0 Å². The number of thioether (sulfide) groups is 1. The van der Waals surface area contributed by atoms with Crippen LogP contribution in [0.3, 0.4) is 0 Å².